The number of aryl methyl sites for hydroxylation is 1. The molecule has 1 N–H and O–H groups in total. The molecule has 1 aliphatic heterocycles. The van der Waals surface area contributed by atoms with Crippen molar-refractivity contribution in [3.05, 3.63) is 136 Å². The number of nitrogens with zero attached hydrogens (tertiary/aromatic N) is 4. The molecule has 0 bridgehead atoms. The maximum absolute atomic E-state index is 13.9. The van der Waals surface area contributed by atoms with Crippen molar-refractivity contribution in [3.8, 4) is 11.5 Å². The molecule has 190 valence electrons. The molecule has 2 aromatic heterocycles. The normalized spacial score (nSPS) is 14.5. The van der Waals surface area contributed by atoms with E-state index in [1.165, 1.54) is 12.1 Å². The Hall–Kier alpha value is -4.36. The van der Waals surface area contributed by atoms with Gasteiger partial charge in [-0.05, 0) is 66.6 Å². The second kappa shape index (κ2) is 9.84. The zero-order valence-electron chi connectivity index (χ0n) is 20.7. The van der Waals surface area contributed by atoms with Crippen LogP contribution in [-0.2, 0) is 13.1 Å². The molecule has 1 atom stereocenters. The van der Waals surface area contributed by atoms with Crippen molar-refractivity contribution in [2.45, 2.75) is 26.1 Å². The van der Waals surface area contributed by atoms with Crippen molar-refractivity contribution < 1.29 is 9.18 Å². The van der Waals surface area contributed by atoms with Crippen LogP contribution in [0.2, 0.25) is 5.02 Å². The first-order valence-corrected chi connectivity index (χ1v) is 12.7. The highest BCUT2D eigenvalue weighted by Crippen LogP contribution is 2.39. The predicted molar refractivity (Wildman–Crippen MR) is 145 cm³/mol. The van der Waals surface area contributed by atoms with Gasteiger partial charge in [0.1, 0.15) is 11.6 Å². The molecule has 8 heteroatoms. The Balaban J connectivity index is 1.47. The molecule has 38 heavy (non-hydrogen) atoms. The third-order valence-corrected chi connectivity index (χ3v) is 7.10. The largest absolute Gasteiger partial charge is 0.334 e. The summed E-state index contributed by atoms with van der Waals surface area (Å²) in [4.78, 5) is 15.7. The zero-order valence-corrected chi connectivity index (χ0v) is 21.4. The first-order chi connectivity index (χ1) is 18.5. The molecule has 0 saturated heterocycles. The number of carbonyl (C=O) groups is 1. The minimum absolute atomic E-state index is 0.244. The Bertz CT molecular complexity index is 1610. The lowest BCUT2D eigenvalue weighted by Crippen LogP contribution is -2.41. The van der Waals surface area contributed by atoms with E-state index < -0.39 is 6.04 Å². The molecule has 3 aromatic carbocycles. The van der Waals surface area contributed by atoms with Gasteiger partial charge in [0.15, 0.2) is 0 Å². The van der Waals surface area contributed by atoms with E-state index in [0.29, 0.717) is 11.6 Å². The number of aromatic nitrogens is 3. The van der Waals surface area contributed by atoms with Gasteiger partial charge in [0.2, 0.25) is 0 Å². The standard InChI is InChI=1S/C30H25ClFN5O/c1-20-26-19-36(30(38)33-18-21-12-14-24(32)15-13-21)28(22-7-5-8-23(31)17-22)27-11-6-16-35(27)29(26)37(34-20)25-9-3-2-4-10-25/h2-17,28H,18-19H2,1H3,(H,33,38)/t28-/m1/s1. The summed E-state index contributed by atoms with van der Waals surface area (Å²) in [7, 11) is 0. The summed E-state index contributed by atoms with van der Waals surface area (Å²) in [6.45, 7) is 2.58. The summed E-state index contributed by atoms with van der Waals surface area (Å²) in [5.41, 5.74) is 5.35. The number of hydrogen-bond donors (Lipinski definition) is 1. The molecule has 6 nitrogen and oxygen atoms in total. The number of hydrogen-bond acceptors (Lipinski definition) is 2. The van der Waals surface area contributed by atoms with Gasteiger partial charge in [-0.15, -0.1) is 0 Å². The van der Waals surface area contributed by atoms with Gasteiger partial charge in [-0.3, -0.25) is 0 Å². The first kappa shape index (κ1) is 24.0. The lowest BCUT2D eigenvalue weighted by atomic mass is 10.0. The molecule has 0 saturated carbocycles. The Morgan fingerprint density at radius 3 is 2.58 bits per heavy atom. The van der Waals surface area contributed by atoms with Crippen molar-refractivity contribution in [1.82, 2.24) is 24.6 Å². The number of fused-ring (bicyclic) bond motifs is 3. The molecule has 1 aliphatic rings. The van der Waals surface area contributed by atoms with E-state index in [-0.39, 0.29) is 18.4 Å². The summed E-state index contributed by atoms with van der Waals surface area (Å²) >= 11 is 6.42. The van der Waals surface area contributed by atoms with Gasteiger partial charge < -0.3 is 14.8 Å². The number of amides is 2. The molecule has 2 amide bonds. The van der Waals surface area contributed by atoms with Gasteiger partial charge in [-0.1, -0.05) is 54.1 Å². The zero-order chi connectivity index (χ0) is 26.2. The molecule has 0 aliphatic carbocycles. The number of carbonyl (C=O) groups excluding carboxylic acids is 1. The number of benzene rings is 3. The van der Waals surface area contributed by atoms with Crippen molar-refractivity contribution in [2.24, 2.45) is 0 Å². The highest BCUT2D eigenvalue weighted by molar-refractivity contribution is 6.30. The van der Waals surface area contributed by atoms with E-state index in [1.807, 2.05) is 89.4 Å². The number of para-hydroxylation sites is 1. The van der Waals surface area contributed by atoms with Gasteiger partial charge in [-0.25, -0.2) is 13.9 Å². The van der Waals surface area contributed by atoms with Crippen molar-refractivity contribution in [1.29, 1.82) is 0 Å². The fourth-order valence-electron chi connectivity index (χ4n) is 5.06. The lowest BCUT2D eigenvalue weighted by Gasteiger charge is -2.31. The summed E-state index contributed by atoms with van der Waals surface area (Å²) in [6.07, 6.45) is 2.01. The molecule has 0 radical (unpaired) electrons. The van der Waals surface area contributed by atoms with Crippen molar-refractivity contribution in [2.75, 3.05) is 0 Å². The van der Waals surface area contributed by atoms with Crippen LogP contribution in [-0.4, -0.2) is 25.3 Å². The molecule has 0 fully saturated rings. The predicted octanol–water partition coefficient (Wildman–Crippen LogP) is 6.58. The van der Waals surface area contributed by atoms with Crippen LogP contribution in [0.4, 0.5) is 9.18 Å². The third kappa shape index (κ3) is 4.35. The number of nitrogens with one attached hydrogen (secondary N) is 1. The smallest absolute Gasteiger partial charge is 0.318 e. The van der Waals surface area contributed by atoms with Crippen LogP contribution in [0.15, 0.2) is 97.2 Å². The first-order valence-electron chi connectivity index (χ1n) is 12.4. The van der Waals surface area contributed by atoms with E-state index in [1.54, 1.807) is 12.1 Å². The van der Waals surface area contributed by atoms with Gasteiger partial charge in [0.25, 0.3) is 0 Å². The summed E-state index contributed by atoms with van der Waals surface area (Å²) in [5, 5.41) is 8.51. The average molecular weight is 526 g/mol. The number of halogens is 2. The Morgan fingerprint density at radius 1 is 1.03 bits per heavy atom. The number of rotatable bonds is 4. The highest BCUT2D eigenvalue weighted by atomic mass is 35.5. The molecule has 6 rings (SSSR count). The fraction of sp³-hybridized carbons (Fsp3) is 0.133. The Morgan fingerprint density at radius 2 is 1.82 bits per heavy atom. The van der Waals surface area contributed by atoms with Crippen molar-refractivity contribution in [3.63, 3.8) is 0 Å². The number of urea groups is 1. The van der Waals surface area contributed by atoms with Crippen LogP contribution < -0.4 is 5.32 Å². The van der Waals surface area contributed by atoms with Crippen LogP contribution in [0, 0.1) is 12.7 Å². The topological polar surface area (TPSA) is 55.1 Å². The molecular weight excluding hydrogens is 501 g/mol. The maximum atomic E-state index is 13.9. The van der Waals surface area contributed by atoms with Crippen LogP contribution in [0.5, 0.6) is 0 Å². The van der Waals surface area contributed by atoms with E-state index >= 15 is 0 Å². The van der Waals surface area contributed by atoms with E-state index in [0.717, 1.165) is 39.6 Å². The molecular formula is C30H25ClFN5O. The summed E-state index contributed by atoms with van der Waals surface area (Å²) < 4.78 is 17.4. The maximum Gasteiger partial charge on any atom is 0.318 e. The summed E-state index contributed by atoms with van der Waals surface area (Å²) in [6, 6.07) is 27.1. The second-order valence-electron chi connectivity index (χ2n) is 9.31. The van der Waals surface area contributed by atoms with Crippen LogP contribution in [0.25, 0.3) is 11.5 Å². The summed E-state index contributed by atoms with van der Waals surface area (Å²) in [5.74, 6) is 0.586. The van der Waals surface area contributed by atoms with Gasteiger partial charge >= 0.3 is 6.03 Å². The fourth-order valence-corrected chi connectivity index (χ4v) is 5.26. The van der Waals surface area contributed by atoms with Gasteiger partial charge in [0, 0.05) is 23.3 Å². The molecule has 0 unspecified atom stereocenters. The van der Waals surface area contributed by atoms with Crippen LogP contribution >= 0.6 is 11.6 Å². The quantitative estimate of drug-likeness (QED) is 0.288. The lowest BCUT2D eigenvalue weighted by molar-refractivity contribution is 0.180. The monoisotopic (exact) mass is 525 g/mol. The minimum Gasteiger partial charge on any atom is -0.334 e. The van der Waals surface area contributed by atoms with Crippen molar-refractivity contribution >= 4 is 17.6 Å². The van der Waals surface area contributed by atoms with Crippen LogP contribution in [0.1, 0.15) is 34.1 Å². The SMILES string of the molecule is Cc1nn(-c2ccccc2)c2c1CN(C(=O)NCc1ccc(F)cc1)[C@H](c1cccc(Cl)c1)c1cccn1-2. The Labute approximate surface area is 224 Å². The van der Waals surface area contributed by atoms with Crippen LogP contribution in [0.3, 0.4) is 0 Å². The minimum atomic E-state index is -0.409. The molecule has 3 heterocycles. The second-order valence-corrected chi connectivity index (χ2v) is 9.75. The van der Waals surface area contributed by atoms with Gasteiger partial charge in [-0.2, -0.15) is 5.10 Å². The Kier molecular flexibility index (Phi) is 6.21. The third-order valence-electron chi connectivity index (χ3n) is 6.87. The van der Waals surface area contributed by atoms with E-state index in [4.69, 9.17) is 16.7 Å². The highest BCUT2D eigenvalue weighted by Gasteiger charge is 2.36. The van der Waals surface area contributed by atoms with Gasteiger partial charge in [0.05, 0.1) is 29.7 Å². The molecule has 5 aromatic rings. The average Bonchev–Trinajstić information content (AvgIpc) is 3.49. The molecule has 0 spiro atoms. The van der Waals surface area contributed by atoms with E-state index in [2.05, 4.69) is 9.88 Å². The van der Waals surface area contributed by atoms with E-state index in [9.17, 15) is 9.18 Å².